The van der Waals surface area contributed by atoms with Gasteiger partial charge in [-0.3, -0.25) is 4.79 Å². The molecule has 0 bridgehead atoms. The second kappa shape index (κ2) is 9.07. The average molecular weight is 444 g/mol. The molecule has 1 heterocycles. The van der Waals surface area contributed by atoms with Crippen LogP contribution < -0.4 is 14.8 Å². The van der Waals surface area contributed by atoms with Crippen LogP contribution >= 0.6 is 11.3 Å². The first kappa shape index (κ1) is 22.1. The topological polar surface area (TPSA) is 86.3 Å². The van der Waals surface area contributed by atoms with Crippen LogP contribution in [-0.4, -0.2) is 22.6 Å². The summed E-state index contributed by atoms with van der Waals surface area (Å²) >= 11 is -0.119. The summed E-state index contributed by atoms with van der Waals surface area (Å²) in [5.41, 5.74) is 1.90. The first-order valence-electron chi connectivity index (χ1n) is 9.40. The number of benzene rings is 2. The van der Waals surface area contributed by atoms with Crippen molar-refractivity contribution >= 4 is 39.4 Å². The summed E-state index contributed by atoms with van der Waals surface area (Å²) in [6, 6.07) is 14.9. The third-order valence-corrected chi connectivity index (χ3v) is 6.57. The number of aryl methyl sites for hydroxylation is 1. The predicted molar refractivity (Wildman–Crippen MR) is 123 cm³/mol. The van der Waals surface area contributed by atoms with Gasteiger partial charge in [0.2, 0.25) is 10.8 Å². The molecule has 30 heavy (non-hydrogen) atoms. The fraction of sp³-hybridized carbons (Fsp3) is 0.273. The third kappa shape index (κ3) is 5.13. The SMILES string of the molecule is COc1ccc(-c2sc(NC(=O)C(C)(C)C)nc2C)cc1[S+]([O-])Nc1ccccc1. The second-order valence-electron chi connectivity index (χ2n) is 7.74. The molecule has 158 valence electrons. The zero-order valence-electron chi connectivity index (χ0n) is 17.6. The van der Waals surface area contributed by atoms with Gasteiger partial charge in [0.05, 0.1) is 23.4 Å². The van der Waals surface area contributed by atoms with Gasteiger partial charge in [0.1, 0.15) is 11.4 Å². The minimum atomic E-state index is -1.51. The lowest BCUT2D eigenvalue weighted by atomic mass is 9.96. The Morgan fingerprint density at radius 2 is 1.87 bits per heavy atom. The van der Waals surface area contributed by atoms with E-state index in [9.17, 15) is 9.35 Å². The van der Waals surface area contributed by atoms with Gasteiger partial charge in [-0.15, -0.1) is 0 Å². The van der Waals surface area contributed by atoms with Crippen molar-refractivity contribution < 1.29 is 14.1 Å². The lowest BCUT2D eigenvalue weighted by Crippen LogP contribution is -2.27. The Hall–Kier alpha value is -2.55. The highest BCUT2D eigenvalue weighted by molar-refractivity contribution is 7.92. The Labute approximate surface area is 184 Å². The Kier molecular flexibility index (Phi) is 6.70. The van der Waals surface area contributed by atoms with Crippen LogP contribution in [0.3, 0.4) is 0 Å². The number of carbonyl (C=O) groups is 1. The number of ether oxygens (including phenoxy) is 1. The van der Waals surface area contributed by atoms with E-state index in [1.165, 1.54) is 11.3 Å². The number of hydrogen-bond donors (Lipinski definition) is 2. The molecule has 3 rings (SSSR count). The van der Waals surface area contributed by atoms with Gasteiger partial charge in [-0.25, -0.2) is 9.71 Å². The van der Waals surface area contributed by atoms with Crippen molar-refractivity contribution in [1.82, 2.24) is 4.98 Å². The van der Waals surface area contributed by atoms with Gasteiger partial charge in [-0.1, -0.05) is 50.3 Å². The molecule has 6 nitrogen and oxygen atoms in total. The van der Waals surface area contributed by atoms with Crippen LogP contribution in [0.2, 0.25) is 0 Å². The average Bonchev–Trinajstić information content (AvgIpc) is 3.07. The number of anilines is 2. The molecule has 1 unspecified atom stereocenters. The van der Waals surface area contributed by atoms with E-state index >= 15 is 0 Å². The van der Waals surface area contributed by atoms with Gasteiger partial charge >= 0.3 is 0 Å². The fourth-order valence-corrected chi connectivity index (χ4v) is 4.62. The van der Waals surface area contributed by atoms with Crippen LogP contribution in [0.15, 0.2) is 53.4 Å². The van der Waals surface area contributed by atoms with Crippen molar-refractivity contribution in [2.75, 3.05) is 17.1 Å². The minimum absolute atomic E-state index is 0.0913. The van der Waals surface area contributed by atoms with E-state index in [1.807, 2.05) is 70.2 Å². The van der Waals surface area contributed by atoms with Gasteiger partial charge < -0.3 is 14.6 Å². The molecular weight excluding hydrogens is 418 g/mol. The van der Waals surface area contributed by atoms with Gasteiger partial charge in [-0.05, 0) is 36.8 Å². The summed E-state index contributed by atoms with van der Waals surface area (Å²) in [5, 5.41) is 3.42. The molecule has 1 atom stereocenters. The summed E-state index contributed by atoms with van der Waals surface area (Å²) in [4.78, 5) is 18.2. The molecule has 2 N–H and O–H groups in total. The molecule has 0 spiro atoms. The predicted octanol–water partition coefficient (Wildman–Crippen LogP) is 5.25. The van der Waals surface area contributed by atoms with Crippen LogP contribution in [0.25, 0.3) is 10.4 Å². The van der Waals surface area contributed by atoms with E-state index in [2.05, 4.69) is 15.0 Å². The number of para-hydroxylation sites is 1. The number of nitrogens with zero attached hydrogens (tertiary/aromatic N) is 1. The van der Waals surface area contributed by atoms with Gasteiger partial charge in [0.15, 0.2) is 10.9 Å². The minimum Gasteiger partial charge on any atom is -0.588 e. The molecule has 0 aliphatic heterocycles. The molecule has 0 fully saturated rings. The smallest absolute Gasteiger partial charge is 0.231 e. The summed E-state index contributed by atoms with van der Waals surface area (Å²) in [7, 11) is 1.55. The van der Waals surface area contributed by atoms with Crippen molar-refractivity contribution in [1.29, 1.82) is 0 Å². The Morgan fingerprint density at radius 3 is 2.50 bits per heavy atom. The number of aromatic nitrogens is 1. The molecular formula is C22H25N3O3S2. The van der Waals surface area contributed by atoms with E-state index in [-0.39, 0.29) is 5.91 Å². The number of methoxy groups -OCH3 is 1. The van der Waals surface area contributed by atoms with Crippen molar-refractivity contribution in [2.24, 2.45) is 5.41 Å². The Morgan fingerprint density at radius 1 is 1.17 bits per heavy atom. The largest absolute Gasteiger partial charge is 0.588 e. The molecule has 2 aromatic carbocycles. The molecule has 0 radical (unpaired) electrons. The first-order valence-corrected chi connectivity index (χ1v) is 11.4. The second-order valence-corrected chi connectivity index (χ2v) is 9.92. The number of carbonyl (C=O) groups excluding carboxylic acids is 1. The van der Waals surface area contributed by atoms with Crippen LogP contribution in [0, 0.1) is 12.3 Å². The van der Waals surface area contributed by atoms with E-state index in [0.717, 1.165) is 21.8 Å². The molecule has 0 saturated heterocycles. The summed E-state index contributed by atoms with van der Waals surface area (Å²) in [5.74, 6) is 0.440. The lowest BCUT2D eigenvalue weighted by Gasteiger charge is -2.16. The van der Waals surface area contributed by atoms with Gasteiger partial charge in [-0.2, -0.15) is 0 Å². The van der Waals surface area contributed by atoms with E-state index < -0.39 is 16.8 Å². The first-order chi connectivity index (χ1) is 14.2. The molecule has 0 aliphatic rings. The highest BCUT2D eigenvalue weighted by Crippen LogP contribution is 2.37. The quantitative estimate of drug-likeness (QED) is 0.508. The number of amides is 1. The number of hydrogen-bond acceptors (Lipinski definition) is 6. The van der Waals surface area contributed by atoms with Gasteiger partial charge in [0, 0.05) is 11.5 Å². The Bertz CT molecular complexity index is 1030. The Balaban J connectivity index is 1.90. The van der Waals surface area contributed by atoms with E-state index in [0.29, 0.717) is 15.8 Å². The van der Waals surface area contributed by atoms with Gasteiger partial charge in [0.25, 0.3) is 0 Å². The molecule has 8 heteroatoms. The number of thiazole rings is 1. The van der Waals surface area contributed by atoms with Crippen molar-refractivity contribution in [3.63, 3.8) is 0 Å². The monoisotopic (exact) mass is 443 g/mol. The zero-order chi connectivity index (χ0) is 21.9. The highest BCUT2D eigenvalue weighted by atomic mass is 32.2. The van der Waals surface area contributed by atoms with Crippen molar-refractivity contribution in [3.05, 3.63) is 54.2 Å². The highest BCUT2D eigenvalue weighted by Gasteiger charge is 2.24. The molecule has 0 aliphatic carbocycles. The summed E-state index contributed by atoms with van der Waals surface area (Å²) in [6.07, 6.45) is 0. The number of rotatable bonds is 6. The van der Waals surface area contributed by atoms with Crippen LogP contribution in [-0.2, 0) is 16.2 Å². The fourth-order valence-electron chi connectivity index (χ4n) is 2.63. The van der Waals surface area contributed by atoms with E-state index in [4.69, 9.17) is 4.74 Å². The molecule has 0 saturated carbocycles. The van der Waals surface area contributed by atoms with Crippen LogP contribution in [0.4, 0.5) is 10.8 Å². The van der Waals surface area contributed by atoms with E-state index in [1.54, 1.807) is 13.2 Å². The normalized spacial score (nSPS) is 12.3. The summed E-state index contributed by atoms with van der Waals surface area (Å²) in [6.45, 7) is 7.46. The zero-order valence-corrected chi connectivity index (χ0v) is 19.2. The van der Waals surface area contributed by atoms with Crippen LogP contribution in [0.1, 0.15) is 26.5 Å². The standard InChI is InChI=1S/C22H25N3O3S2/c1-14-19(29-21(23-14)24-20(26)22(2,3)4)15-11-12-17(28-5)18(13-15)30(27)25-16-9-7-6-8-10-16/h6-13,25H,1-5H3,(H,23,24,26). The molecule has 1 aromatic heterocycles. The van der Waals surface area contributed by atoms with Crippen molar-refractivity contribution in [2.45, 2.75) is 32.6 Å². The summed E-state index contributed by atoms with van der Waals surface area (Å²) < 4.78 is 21.4. The van der Waals surface area contributed by atoms with Crippen LogP contribution in [0.5, 0.6) is 5.75 Å². The van der Waals surface area contributed by atoms with Crippen molar-refractivity contribution in [3.8, 4) is 16.2 Å². The number of nitrogens with one attached hydrogen (secondary N) is 2. The third-order valence-electron chi connectivity index (χ3n) is 4.31. The maximum atomic E-state index is 13.0. The maximum absolute atomic E-state index is 13.0. The maximum Gasteiger partial charge on any atom is 0.231 e. The lowest BCUT2D eigenvalue weighted by molar-refractivity contribution is -0.123. The molecule has 1 amide bonds. The molecule has 3 aromatic rings.